The fraction of sp³-hybridized carbons (Fsp3) is 0.480. The average Bonchev–Trinajstić information content (AvgIpc) is 3.43. The van der Waals surface area contributed by atoms with Crippen LogP contribution in [-0.4, -0.2) is 56.2 Å². The fourth-order valence-electron chi connectivity index (χ4n) is 4.67. The lowest BCUT2D eigenvalue weighted by molar-refractivity contribution is -0.143. The van der Waals surface area contributed by atoms with Crippen molar-refractivity contribution in [3.8, 4) is 17.2 Å². The van der Waals surface area contributed by atoms with Crippen molar-refractivity contribution in [1.82, 2.24) is 4.90 Å². The van der Waals surface area contributed by atoms with E-state index in [-0.39, 0.29) is 18.8 Å². The van der Waals surface area contributed by atoms with E-state index in [1.165, 1.54) is 0 Å². The van der Waals surface area contributed by atoms with Gasteiger partial charge in [0.15, 0.2) is 11.5 Å². The molecule has 0 amide bonds. The molecule has 7 heteroatoms. The number of hydrogen-bond donors (Lipinski definition) is 1. The Hall–Kier alpha value is -2.77. The second kappa shape index (κ2) is 10.2. The van der Waals surface area contributed by atoms with Crippen molar-refractivity contribution in [2.45, 2.75) is 31.7 Å². The minimum atomic E-state index is -0.803. The van der Waals surface area contributed by atoms with Crippen molar-refractivity contribution in [2.24, 2.45) is 5.92 Å². The third-order valence-electron chi connectivity index (χ3n) is 6.33. The van der Waals surface area contributed by atoms with Crippen LogP contribution in [0.4, 0.5) is 0 Å². The van der Waals surface area contributed by atoms with E-state index in [1.807, 2.05) is 42.5 Å². The van der Waals surface area contributed by atoms with Gasteiger partial charge in [0, 0.05) is 31.7 Å². The second-order valence-corrected chi connectivity index (χ2v) is 8.26. The van der Waals surface area contributed by atoms with Crippen molar-refractivity contribution < 1.29 is 28.8 Å². The molecule has 0 saturated carbocycles. The van der Waals surface area contributed by atoms with E-state index in [4.69, 9.17) is 18.9 Å². The summed E-state index contributed by atoms with van der Waals surface area (Å²) in [4.78, 5) is 14.8. The number of hydrogen-bond acceptors (Lipinski definition) is 6. The molecule has 7 nitrogen and oxygen atoms in total. The molecule has 2 heterocycles. The summed E-state index contributed by atoms with van der Waals surface area (Å²) in [5.74, 6) is 0.567. The largest absolute Gasteiger partial charge is 0.497 e. The summed E-state index contributed by atoms with van der Waals surface area (Å²) in [5, 5.41) is 10.3. The Labute approximate surface area is 188 Å². The predicted octanol–water partition coefficient (Wildman–Crippen LogP) is 4.08. The SMILES string of the molecule is CCCCOCCN1CC(c2ccc(OC)cc2)[C@H](C(=O)O)[C@H]1c1ccc2c(c1)OCO2. The highest BCUT2D eigenvalue weighted by Crippen LogP contribution is 2.47. The molecular weight excluding hydrogens is 410 g/mol. The first kappa shape index (κ1) is 22.4. The standard InChI is InChI=1S/C25H31NO6/c1-3-4-12-30-13-11-26-15-20(17-5-8-19(29-2)9-6-17)23(25(27)28)24(26)18-7-10-21-22(14-18)32-16-31-21/h5-10,14,20,23-24H,3-4,11-13,15-16H2,1-2H3,(H,27,28)/t20?,23-,24+/m0/s1. The number of carboxylic acids is 1. The van der Waals surface area contributed by atoms with Crippen LogP contribution in [-0.2, 0) is 9.53 Å². The number of rotatable bonds is 10. The van der Waals surface area contributed by atoms with Gasteiger partial charge in [-0.05, 0) is 41.8 Å². The number of methoxy groups -OCH3 is 1. The molecule has 4 rings (SSSR count). The third kappa shape index (κ3) is 4.69. The predicted molar refractivity (Wildman–Crippen MR) is 119 cm³/mol. The number of carbonyl (C=O) groups is 1. The van der Waals surface area contributed by atoms with Crippen molar-refractivity contribution in [2.75, 3.05) is 40.2 Å². The monoisotopic (exact) mass is 441 g/mol. The van der Waals surface area contributed by atoms with E-state index in [0.29, 0.717) is 31.2 Å². The van der Waals surface area contributed by atoms with Gasteiger partial charge in [0.2, 0.25) is 6.79 Å². The van der Waals surface area contributed by atoms with E-state index in [9.17, 15) is 9.90 Å². The maximum absolute atomic E-state index is 12.5. The summed E-state index contributed by atoms with van der Waals surface area (Å²) >= 11 is 0. The molecule has 1 unspecified atom stereocenters. The third-order valence-corrected chi connectivity index (χ3v) is 6.33. The Kier molecular flexibility index (Phi) is 7.17. The molecule has 32 heavy (non-hydrogen) atoms. The number of aliphatic carboxylic acids is 1. The molecule has 2 aromatic rings. The summed E-state index contributed by atoms with van der Waals surface area (Å²) in [6.45, 7) is 4.93. The first-order valence-corrected chi connectivity index (χ1v) is 11.2. The number of nitrogens with zero attached hydrogens (tertiary/aromatic N) is 1. The Morgan fingerprint density at radius 1 is 1.09 bits per heavy atom. The van der Waals surface area contributed by atoms with Crippen LogP contribution in [0.25, 0.3) is 0 Å². The Morgan fingerprint density at radius 3 is 2.56 bits per heavy atom. The fourth-order valence-corrected chi connectivity index (χ4v) is 4.67. The molecule has 0 spiro atoms. The van der Waals surface area contributed by atoms with E-state index in [1.54, 1.807) is 7.11 Å². The topological polar surface area (TPSA) is 77.5 Å². The molecule has 2 aromatic carbocycles. The lowest BCUT2D eigenvalue weighted by Gasteiger charge is -2.27. The lowest BCUT2D eigenvalue weighted by Crippen LogP contribution is -2.31. The Morgan fingerprint density at radius 2 is 1.84 bits per heavy atom. The number of carboxylic acid groups (broad SMARTS) is 1. The Balaban J connectivity index is 1.63. The zero-order valence-corrected chi connectivity index (χ0v) is 18.7. The van der Waals surface area contributed by atoms with Gasteiger partial charge in [0.05, 0.1) is 19.6 Å². The van der Waals surface area contributed by atoms with Crippen molar-refractivity contribution >= 4 is 5.97 Å². The molecule has 1 fully saturated rings. The van der Waals surface area contributed by atoms with E-state index < -0.39 is 11.9 Å². The van der Waals surface area contributed by atoms with Gasteiger partial charge in [-0.2, -0.15) is 0 Å². The zero-order valence-electron chi connectivity index (χ0n) is 18.7. The molecule has 3 atom stereocenters. The van der Waals surface area contributed by atoms with Gasteiger partial charge < -0.3 is 24.1 Å². The van der Waals surface area contributed by atoms with Crippen LogP contribution in [0.3, 0.4) is 0 Å². The zero-order chi connectivity index (χ0) is 22.5. The van der Waals surface area contributed by atoms with E-state index in [2.05, 4.69) is 11.8 Å². The average molecular weight is 442 g/mol. The molecule has 0 aliphatic carbocycles. The normalized spacial score (nSPS) is 22.2. The van der Waals surface area contributed by atoms with E-state index >= 15 is 0 Å². The summed E-state index contributed by atoms with van der Waals surface area (Å²) in [6, 6.07) is 13.2. The Bertz CT molecular complexity index is 915. The van der Waals surface area contributed by atoms with Gasteiger partial charge in [0.1, 0.15) is 5.75 Å². The first-order chi connectivity index (χ1) is 15.6. The van der Waals surface area contributed by atoms with Crippen LogP contribution < -0.4 is 14.2 Å². The molecule has 0 bridgehead atoms. The summed E-state index contributed by atoms with van der Waals surface area (Å²) < 4.78 is 22.1. The molecule has 2 aliphatic rings. The van der Waals surface area contributed by atoms with Crippen molar-refractivity contribution in [3.63, 3.8) is 0 Å². The molecule has 1 saturated heterocycles. The highest BCUT2D eigenvalue weighted by molar-refractivity contribution is 5.74. The molecule has 0 aromatic heterocycles. The number of fused-ring (bicyclic) bond motifs is 1. The van der Waals surface area contributed by atoms with Crippen LogP contribution in [0.2, 0.25) is 0 Å². The highest BCUT2D eigenvalue weighted by Gasteiger charge is 2.47. The lowest BCUT2D eigenvalue weighted by atomic mass is 9.83. The summed E-state index contributed by atoms with van der Waals surface area (Å²) in [5.41, 5.74) is 1.92. The van der Waals surface area contributed by atoms with Gasteiger partial charge in [-0.15, -0.1) is 0 Å². The number of unbranched alkanes of at least 4 members (excludes halogenated alkanes) is 1. The molecule has 1 N–H and O–H groups in total. The van der Waals surface area contributed by atoms with Gasteiger partial charge in [-0.3, -0.25) is 9.69 Å². The van der Waals surface area contributed by atoms with Gasteiger partial charge in [-0.1, -0.05) is 31.5 Å². The van der Waals surface area contributed by atoms with Crippen LogP contribution in [0.15, 0.2) is 42.5 Å². The number of ether oxygens (including phenoxy) is 4. The first-order valence-electron chi connectivity index (χ1n) is 11.2. The smallest absolute Gasteiger partial charge is 0.309 e. The van der Waals surface area contributed by atoms with Crippen molar-refractivity contribution in [3.05, 3.63) is 53.6 Å². The minimum Gasteiger partial charge on any atom is -0.497 e. The summed E-state index contributed by atoms with van der Waals surface area (Å²) in [7, 11) is 1.63. The number of likely N-dealkylation sites (tertiary alicyclic amines) is 1. The van der Waals surface area contributed by atoms with Crippen LogP contribution >= 0.6 is 0 Å². The highest BCUT2D eigenvalue weighted by atomic mass is 16.7. The number of benzene rings is 2. The quantitative estimate of drug-likeness (QED) is 0.557. The van der Waals surface area contributed by atoms with Gasteiger partial charge in [0.25, 0.3) is 0 Å². The van der Waals surface area contributed by atoms with Gasteiger partial charge in [-0.25, -0.2) is 0 Å². The molecule has 0 radical (unpaired) electrons. The molecule has 172 valence electrons. The minimum absolute atomic E-state index is 0.149. The van der Waals surface area contributed by atoms with Crippen LogP contribution in [0.1, 0.15) is 42.9 Å². The maximum Gasteiger partial charge on any atom is 0.309 e. The van der Waals surface area contributed by atoms with Crippen LogP contribution in [0, 0.1) is 5.92 Å². The molecular formula is C25H31NO6. The maximum atomic E-state index is 12.5. The van der Waals surface area contributed by atoms with E-state index in [0.717, 1.165) is 36.3 Å². The second-order valence-electron chi connectivity index (χ2n) is 8.26. The van der Waals surface area contributed by atoms with Gasteiger partial charge >= 0.3 is 5.97 Å². The molecule has 2 aliphatic heterocycles. The van der Waals surface area contributed by atoms with Crippen molar-refractivity contribution in [1.29, 1.82) is 0 Å². The van der Waals surface area contributed by atoms with Crippen LogP contribution in [0.5, 0.6) is 17.2 Å². The summed E-state index contributed by atoms with van der Waals surface area (Å²) in [6.07, 6.45) is 2.11.